The molecule has 0 fully saturated rings. The van der Waals surface area contributed by atoms with Gasteiger partial charge in [0, 0.05) is 19.6 Å². The summed E-state index contributed by atoms with van der Waals surface area (Å²) in [5.41, 5.74) is 1.44. The highest BCUT2D eigenvalue weighted by Crippen LogP contribution is 2.29. The van der Waals surface area contributed by atoms with E-state index in [0.717, 1.165) is 5.56 Å². The predicted molar refractivity (Wildman–Crippen MR) is 74.4 cm³/mol. The average molecular weight is 298 g/mol. The number of fused-ring (bicyclic) bond motifs is 1. The number of carbonyl (C=O) groups is 1. The van der Waals surface area contributed by atoms with Crippen molar-refractivity contribution in [1.29, 1.82) is 0 Å². The molecule has 1 unspecified atom stereocenters. The molecule has 0 radical (unpaired) electrons. The molecule has 1 aromatic rings. The standard InChI is InChI=1S/C13H18N2O4S/c1-2-7-14-20(18,19)15-8-10-5-3-4-6-11(10)12(9-15)13(16)17/h3-6,12,14H,2,7-9H2,1H3,(H,16,17). The van der Waals surface area contributed by atoms with E-state index in [1.807, 2.05) is 6.92 Å². The highest BCUT2D eigenvalue weighted by Gasteiger charge is 2.35. The van der Waals surface area contributed by atoms with Crippen molar-refractivity contribution in [1.82, 2.24) is 9.03 Å². The Morgan fingerprint density at radius 1 is 1.45 bits per heavy atom. The van der Waals surface area contributed by atoms with Gasteiger partial charge in [0.2, 0.25) is 0 Å². The van der Waals surface area contributed by atoms with E-state index in [9.17, 15) is 18.3 Å². The van der Waals surface area contributed by atoms with E-state index in [-0.39, 0.29) is 13.1 Å². The SMILES string of the molecule is CCCNS(=O)(=O)N1Cc2ccccc2C(C(=O)O)C1. The molecule has 0 bridgehead atoms. The van der Waals surface area contributed by atoms with Crippen molar-refractivity contribution in [2.75, 3.05) is 13.1 Å². The van der Waals surface area contributed by atoms with Gasteiger partial charge in [-0.3, -0.25) is 4.79 Å². The van der Waals surface area contributed by atoms with E-state index in [0.29, 0.717) is 18.5 Å². The molecule has 0 amide bonds. The molecule has 0 saturated heterocycles. The van der Waals surface area contributed by atoms with Crippen molar-refractivity contribution in [2.24, 2.45) is 0 Å². The fourth-order valence-electron chi connectivity index (χ4n) is 2.29. The maximum absolute atomic E-state index is 12.1. The van der Waals surface area contributed by atoms with Crippen molar-refractivity contribution >= 4 is 16.2 Å². The second kappa shape index (κ2) is 5.90. The van der Waals surface area contributed by atoms with Crippen LogP contribution in [-0.2, 0) is 21.5 Å². The summed E-state index contributed by atoms with van der Waals surface area (Å²) in [7, 11) is -3.63. The number of nitrogens with zero attached hydrogens (tertiary/aromatic N) is 1. The van der Waals surface area contributed by atoms with Gasteiger partial charge in [0.1, 0.15) is 0 Å². The molecule has 1 aliphatic rings. The first-order valence-corrected chi connectivity index (χ1v) is 7.95. The van der Waals surface area contributed by atoms with Gasteiger partial charge in [0.05, 0.1) is 5.92 Å². The number of rotatable bonds is 5. The first-order chi connectivity index (χ1) is 9.45. The maximum Gasteiger partial charge on any atom is 0.312 e. The van der Waals surface area contributed by atoms with Gasteiger partial charge in [0.25, 0.3) is 10.2 Å². The number of carboxylic acids is 1. The van der Waals surface area contributed by atoms with E-state index in [2.05, 4.69) is 4.72 Å². The lowest BCUT2D eigenvalue weighted by Gasteiger charge is -2.31. The molecule has 0 spiro atoms. The molecular formula is C13H18N2O4S. The van der Waals surface area contributed by atoms with Crippen molar-refractivity contribution in [3.8, 4) is 0 Å². The van der Waals surface area contributed by atoms with Crippen LogP contribution in [0.4, 0.5) is 0 Å². The van der Waals surface area contributed by atoms with Crippen LogP contribution < -0.4 is 4.72 Å². The Bertz CT molecular complexity index is 600. The van der Waals surface area contributed by atoms with E-state index in [1.165, 1.54) is 4.31 Å². The number of carboxylic acid groups (broad SMARTS) is 1. The molecule has 0 aliphatic carbocycles. The largest absolute Gasteiger partial charge is 0.481 e. The van der Waals surface area contributed by atoms with Crippen LogP contribution in [0.1, 0.15) is 30.4 Å². The smallest absolute Gasteiger partial charge is 0.312 e. The Morgan fingerprint density at radius 2 is 2.15 bits per heavy atom. The zero-order valence-corrected chi connectivity index (χ0v) is 12.1. The molecule has 2 N–H and O–H groups in total. The highest BCUT2D eigenvalue weighted by molar-refractivity contribution is 7.87. The average Bonchev–Trinajstić information content (AvgIpc) is 2.43. The maximum atomic E-state index is 12.1. The number of benzene rings is 1. The Kier molecular flexibility index (Phi) is 4.42. The van der Waals surface area contributed by atoms with Gasteiger partial charge >= 0.3 is 5.97 Å². The van der Waals surface area contributed by atoms with Gasteiger partial charge in [-0.25, -0.2) is 4.72 Å². The lowest BCUT2D eigenvalue weighted by Crippen LogP contribution is -2.46. The summed E-state index contributed by atoms with van der Waals surface area (Å²) < 4.78 is 28.0. The van der Waals surface area contributed by atoms with E-state index in [1.54, 1.807) is 24.3 Å². The molecule has 110 valence electrons. The second-order valence-electron chi connectivity index (χ2n) is 4.78. The second-order valence-corrected chi connectivity index (χ2v) is 6.54. The molecule has 6 nitrogen and oxygen atoms in total. The van der Waals surface area contributed by atoms with Crippen LogP contribution in [0.15, 0.2) is 24.3 Å². The van der Waals surface area contributed by atoms with Crippen molar-refractivity contribution in [2.45, 2.75) is 25.8 Å². The molecule has 1 aliphatic heterocycles. The Morgan fingerprint density at radius 3 is 2.80 bits per heavy atom. The minimum absolute atomic E-state index is 0.0363. The minimum Gasteiger partial charge on any atom is -0.481 e. The summed E-state index contributed by atoms with van der Waals surface area (Å²) in [6, 6.07) is 7.08. The summed E-state index contributed by atoms with van der Waals surface area (Å²) in [6.07, 6.45) is 0.687. The van der Waals surface area contributed by atoms with Gasteiger partial charge < -0.3 is 5.11 Å². The topological polar surface area (TPSA) is 86.7 Å². The summed E-state index contributed by atoms with van der Waals surface area (Å²) in [4.78, 5) is 11.4. The normalized spacial score (nSPS) is 19.6. The van der Waals surface area contributed by atoms with Crippen LogP contribution in [0.5, 0.6) is 0 Å². The fraction of sp³-hybridized carbons (Fsp3) is 0.462. The first-order valence-electron chi connectivity index (χ1n) is 6.51. The molecule has 0 aromatic heterocycles. The van der Waals surface area contributed by atoms with Crippen LogP contribution in [0, 0.1) is 0 Å². The molecular weight excluding hydrogens is 280 g/mol. The third-order valence-electron chi connectivity index (χ3n) is 3.34. The van der Waals surface area contributed by atoms with Gasteiger partial charge in [-0.1, -0.05) is 31.2 Å². The van der Waals surface area contributed by atoms with Gasteiger partial charge in [-0.15, -0.1) is 0 Å². The monoisotopic (exact) mass is 298 g/mol. The molecule has 7 heteroatoms. The number of nitrogens with one attached hydrogen (secondary N) is 1. The van der Waals surface area contributed by atoms with Crippen LogP contribution in [0.2, 0.25) is 0 Å². The van der Waals surface area contributed by atoms with Crippen LogP contribution in [0.3, 0.4) is 0 Å². The lowest BCUT2D eigenvalue weighted by atomic mass is 9.91. The number of aliphatic carboxylic acids is 1. The molecule has 2 rings (SSSR count). The molecule has 1 aromatic carbocycles. The van der Waals surface area contributed by atoms with Crippen molar-refractivity contribution in [3.63, 3.8) is 0 Å². The zero-order valence-electron chi connectivity index (χ0n) is 11.2. The first kappa shape index (κ1) is 15.0. The quantitative estimate of drug-likeness (QED) is 0.846. The summed E-state index contributed by atoms with van der Waals surface area (Å²) in [6.45, 7) is 2.39. The summed E-state index contributed by atoms with van der Waals surface area (Å²) in [5, 5.41) is 9.30. The molecule has 1 heterocycles. The third-order valence-corrected chi connectivity index (χ3v) is 4.86. The van der Waals surface area contributed by atoms with Gasteiger partial charge in [-0.2, -0.15) is 12.7 Å². The van der Waals surface area contributed by atoms with E-state index < -0.39 is 22.1 Å². The van der Waals surface area contributed by atoms with E-state index in [4.69, 9.17) is 0 Å². The number of hydrogen-bond acceptors (Lipinski definition) is 3. The summed E-state index contributed by atoms with van der Waals surface area (Å²) in [5.74, 6) is -1.83. The van der Waals surface area contributed by atoms with Crippen molar-refractivity contribution < 1.29 is 18.3 Å². The molecule has 20 heavy (non-hydrogen) atoms. The van der Waals surface area contributed by atoms with Crippen LogP contribution in [0.25, 0.3) is 0 Å². The van der Waals surface area contributed by atoms with Gasteiger partial charge in [-0.05, 0) is 17.5 Å². The Balaban J connectivity index is 2.31. The third kappa shape index (κ3) is 3.00. The molecule has 1 atom stereocenters. The van der Waals surface area contributed by atoms with Crippen LogP contribution >= 0.6 is 0 Å². The predicted octanol–water partition coefficient (Wildman–Crippen LogP) is 0.915. The zero-order chi connectivity index (χ0) is 14.8. The Labute approximate surface area is 118 Å². The van der Waals surface area contributed by atoms with E-state index >= 15 is 0 Å². The van der Waals surface area contributed by atoms with Gasteiger partial charge in [0.15, 0.2) is 0 Å². The fourth-order valence-corrected chi connectivity index (χ4v) is 3.59. The summed E-state index contributed by atoms with van der Waals surface area (Å²) >= 11 is 0. The van der Waals surface area contributed by atoms with Crippen LogP contribution in [-0.4, -0.2) is 36.9 Å². The molecule has 0 saturated carbocycles. The lowest BCUT2D eigenvalue weighted by molar-refractivity contribution is -0.139. The highest BCUT2D eigenvalue weighted by atomic mass is 32.2. The minimum atomic E-state index is -3.63. The Hall–Kier alpha value is -1.44. The van der Waals surface area contributed by atoms with Crippen molar-refractivity contribution in [3.05, 3.63) is 35.4 Å². The number of hydrogen-bond donors (Lipinski definition) is 2.